The average Bonchev–Trinajstić information content (AvgIpc) is 2.67. The third-order valence-corrected chi connectivity index (χ3v) is 4.63. The highest BCUT2D eigenvalue weighted by molar-refractivity contribution is 5.65. The van der Waals surface area contributed by atoms with Crippen LogP contribution in [0.15, 0.2) is 18.5 Å². The smallest absolute Gasteiger partial charge is 0.407 e. The Morgan fingerprint density at radius 2 is 1.96 bits per heavy atom. The molecule has 0 bridgehead atoms. The van der Waals surface area contributed by atoms with Gasteiger partial charge < -0.3 is 19.5 Å². The zero-order valence-corrected chi connectivity index (χ0v) is 15.9. The third-order valence-electron chi connectivity index (χ3n) is 4.63. The second-order valence-electron chi connectivity index (χ2n) is 6.62. The second kappa shape index (κ2) is 8.81. The highest BCUT2D eigenvalue weighted by Gasteiger charge is 2.25. The molecule has 1 aliphatic rings. The van der Waals surface area contributed by atoms with Crippen molar-refractivity contribution in [1.82, 2.24) is 19.9 Å². The molecular formula is C19H23FN4O4. The van der Waals surface area contributed by atoms with E-state index < -0.39 is 12.8 Å². The first-order chi connectivity index (χ1) is 13.5. The Labute approximate surface area is 162 Å². The molecule has 9 heteroatoms. The van der Waals surface area contributed by atoms with E-state index in [2.05, 4.69) is 15.0 Å². The van der Waals surface area contributed by atoms with Gasteiger partial charge in [-0.05, 0) is 26.0 Å². The summed E-state index contributed by atoms with van der Waals surface area (Å²) in [5, 5.41) is 9.03. The molecule has 0 atom stereocenters. The van der Waals surface area contributed by atoms with Gasteiger partial charge in [-0.1, -0.05) is 0 Å². The zero-order valence-electron chi connectivity index (χ0n) is 15.9. The first-order valence-corrected chi connectivity index (χ1v) is 9.14. The van der Waals surface area contributed by atoms with Crippen LogP contribution in [0.4, 0.5) is 9.18 Å². The molecule has 0 saturated carbocycles. The number of carbonyl (C=O) groups is 1. The van der Waals surface area contributed by atoms with E-state index in [9.17, 15) is 9.18 Å². The van der Waals surface area contributed by atoms with E-state index in [1.165, 1.54) is 11.2 Å². The van der Waals surface area contributed by atoms with Crippen LogP contribution in [0.3, 0.4) is 0 Å². The number of carboxylic acid groups (broad SMARTS) is 1. The largest absolute Gasteiger partial charge is 0.474 e. The van der Waals surface area contributed by atoms with Gasteiger partial charge in [0.1, 0.15) is 12.4 Å². The molecule has 0 unspecified atom stereocenters. The number of aromatic nitrogens is 3. The predicted octanol–water partition coefficient (Wildman–Crippen LogP) is 3.31. The maximum atomic E-state index is 12.5. The van der Waals surface area contributed by atoms with Crippen molar-refractivity contribution in [2.75, 3.05) is 19.8 Å². The Hall–Kier alpha value is -2.97. The van der Waals surface area contributed by atoms with Gasteiger partial charge in [-0.2, -0.15) is 0 Å². The maximum absolute atomic E-state index is 12.5. The van der Waals surface area contributed by atoms with Crippen molar-refractivity contribution < 1.29 is 23.8 Å². The number of rotatable bonds is 6. The van der Waals surface area contributed by atoms with Gasteiger partial charge in [0.05, 0.1) is 17.9 Å². The fourth-order valence-corrected chi connectivity index (χ4v) is 3.01. The fraction of sp³-hybridized carbons (Fsp3) is 0.474. The molecule has 1 saturated heterocycles. The van der Waals surface area contributed by atoms with Crippen molar-refractivity contribution in [3.8, 4) is 17.5 Å². The molecule has 1 amide bonds. The summed E-state index contributed by atoms with van der Waals surface area (Å²) in [4.78, 5) is 25.1. The van der Waals surface area contributed by atoms with Crippen LogP contribution in [0.2, 0.25) is 0 Å². The minimum Gasteiger partial charge on any atom is -0.474 e. The summed E-state index contributed by atoms with van der Waals surface area (Å²) in [7, 11) is 0. The summed E-state index contributed by atoms with van der Waals surface area (Å²) in [6, 6.07) is 3.48. The molecule has 0 aromatic carbocycles. The van der Waals surface area contributed by atoms with Gasteiger partial charge in [-0.15, -0.1) is 0 Å². The number of alkyl halides is 1. The van der Waals surface area contributed by atoms with Gasteiger partial charge in [0.15, 0.2) is 5.75 Å². The van der Waals surface area contributed by atoms with Crippen LogP contribution in [0.5, 0.6) is 17.5 Å². The number of hydrogen-bond donors (Lipinski definition) is 1. The van der Waals surface area contributed by atoms with Crippen LogP contribution in [0.25, 0.3) is 0 Å². The molecule has 3 rings (SSSR count). The molecule has 0 radical (unpaired) electrons. The number of pyridine rings is 1. The Morgan fingerprint density at radius 3 is 2.61 bits per heavy atom. The van der Waals surface area contributed by atoms with E-state index in [1.54, 1.807) is 26.0 Å². The first kappa shape index (κ1) is 19.8. The lowest BCUT2D eigenvalue weighted by atomic mass is 10.1. The number of halogens is 1. The number of hydrogen-bond acceptors (Lipinski definition) is 6. The monoisotopic (exact) mass is 390 g/mol. The number of nitrogens with zero attached hydrogens (tertiary/aromatic N) is 4. The Kier molecular flexibility index (Phi) is 6.23. The van der Waals surface area contributed by atoms with E-state index >= 15 is 0 Å². The van der Waals surface area contributed by atoms with Crippen molar-refractivity contribution in [2.24, 2.45) is 0 Å². The summed E-state index contributed by atoms with van der Waals surface area (Å²) >= 11 is 0. The Balaban J connectivity index is 1.69. The first-order valence-electron chi connectivity index (χ1n) is 9.14. The van der Waals surface area contributed by atoms with Gasteiger partial charge in [0.2, 0.25) is 11.8 Å². The van der Waals surface area contributed by atoms with E-state index in [1.807, 2.05) is 0 Å². The van der Waals surface area contributed by atoms with E-state index in [4.69, 9.17) is 14.6 Å². The Bertz CT molecular complexity index is 841. The molecule has 3 heterocycles. The summed E-state index contributed by atoms with van der Waals surface area (Å²) < 4.78 is 24.3. The number of aryl methyl sites for hydroxylation is 2. The summed E-state index contributed by atoms with van der Waals surface area (Å²) in [6.07, 6.45) is 1.82. The number of amides is 1. The minimum atomic E-state index is -0.908. The lowest BCUT2D eigenvalue weighted by Crippen LogP contribution is -2.41. The molecule has 150 valence electrons. The van der Waals surface area contributed by atoms with E-state index in [0.29, 0.717) is 60.4 Å². The molecule has 28 heavy (non-hydrogen) atoms. The van der Waals surface area contributed by atoms with Crippen molar-refractivity contribution in [2.45, 2.75) is 39.2 Å². The lowest BCUT2D eigenvalue weighted by Gasteiger charge is -2.30. The highest BCUT2D eigenvalue weighted by atomic mass is 19.1. The summed E-state index contributed by atoms with van der Waals surface area (Å²) in [5.74, 6) is 1.31. The van der Waals surface area contributed by atoms with Gasteiger partial charge in [0, 0.05) is 38.0 Å². The van der Waals surface area contributed by atoms with E-state index in [-0.39, 0.29) is 12.5 Å². The second-order valence-corrected chi connectivity index (χ2v) is 6.62. The van der Waals surface area contributed by atoms with Gasteiger partial charge in [0.25, 0.3) is 0 Å². The molecule has 8 nitrogen and oxygen atoms in total. The summed E-state index contributed by atoms with van der Waals surface area (Å²) in [5.41, 5.74) is 1.96. The highest BCUT2D eigenvalue weighted by Crippen LogP contribution is 2.30. The van der Waals surface area contributed by atoms with Gasteiger partial charge in [-0.25, -0.2) is 14.8 Å². The van der Waals surface area contributed by atoms with Crippen molar-refractivity contribution in [3.05, 3.63) is 35.4 Å². The quantitative estimate of drug-likeness (QED) is 0.808. The minimum absolute atomic E-state index is 0.111. The SMILES string of the molecule is Cc1nc(CCF)ccc1Oc1ncnc(OC2CCN(C(=O)O)CC2)c1C. The maximum Gasteiger partial charge on any atom is 0.407 e. The van der Waals surface area contributed by atoms with Gasteiger partial charge in [-0.3, -0.25) is 9.37 Å². The Morgan fingerprint density at radius 1 is 1.25 bits per heavy atom. The molecule has 2 aromatic heterocycles. The summed E-state index contributed by atoms with van der Waals surface area (Å²) in [6.45, 7) is 4.01. The van der Waals surface area contributed by atoms with Crippen LogP contribution < -0.4 is 9.47 Å². The average molecular weight is 390 g/mol. The third kappa shape index (κ3) is 4.65. The molecule has 1 aliphatic heterocycles. The van der Waals surface area contributed by atoms with Crippen molar-refractivity contribution >= 4 is 6.09 Å². The fourth-order valence-electron chi connectivity index (χ4n) is 3.01. The molecule has 0 spiro atoms. The molecule has 2 aromatic rings. The topological polar surface area (TPSA) is 97.7 Å². The number of ether oxygens (including phenoxy) is 2. The lowest BCUT2D eigenvalue weighted by molar-refractivity contribution is 0.0864. The molecule has 1 N–H and O–H groups in total. The predicted molar refractivity (Wildman–Crippen MR) is 98.7 cm³/mol. The van der Waals surface area contributed by atoms with Gasteiger partial charge >= 0.3 is 6.09 Å². The van der Waals surface area contributed by atoms with Crippen LogP contribution in [-0.2, 0) is 6.42 Å². The van der Waals surface area contributed by atoms with Crippen molar-refractivity contribution in [1.29, 1.82) is 0 Å². The van der Waals surface area contributed by atoms with Crippen LogP contribution in [-0.4, -0.2) is 56.9 Å². The van der Waals surface area contributed by atoms with Crippen molar-refractivity contribution in [3.63, 3.8) is 0 Å². The zero-order chi connectivity index (χ0) is 20.1. The standard InChI is InChI=1S/C19H23FN4O4/c1-12-17(27-15-6-9-24(10-7-15)19(25)26)21-11-22-18(12)28-16-4-3-14(5-8-20)23-13(16)2/h3-4,11,15H,5-10H2,1-2H3,(H,25,26). The molecular weight excluding hydrogens is 367 g/mol. The van der Waals surface area contributed by atoms with E-state index in [0.717, 1.165) is 0 Å². The normalized spacial score (nSPS) is 14.8. The molecule has 1 fully saturated rings. The van der Waals surface area contributed by atoms with Crippen LogP contribution in [0, 0.1) is 13.8 Å². The molecule has 0 aliphatic carbocycles. The number of likely N-dealkylation sites (tertiary alicyclic amines) is 1. The van der Waals surface area contributed by atoms with Crippen LogP contribution >= 0.6 is 0 Å². The van der Waals surface area contributed by atoms with Crippen LogP contribution in [0.1, 0.15) is 29.8 Å². The number of piperidine rings is 1.